The van der Waals surface area contributed by atoms with E-state index in [4.69, 9.17) is 0 Å². The minimum Gasteiger partial charge on any atom is -0.439 e. The van der Waals surface area contributed by atoms with Crippen molar-refractivity contribution >= 4 is 17.9 Å². The zero-order valence-corrected chi connectivity index (χ0v) is 9.42. The van der Waals surface area contributed by atoms with Crippen molar-refractivity contribution in [3.05, 3.63) is 0 Å². The topological polar surface area (TPSA) is 66.9 Å². The summed E-state index contributed by atoms with van der Waals surface area (Å²) in [6.45, 7) is 0.768. The van der Waals surface area contributed by atoms with Gasteiger partial charge in [0, 0.05) is 19.5 Å². The van der Waals surface area contributed by atoms with E-state index in [9.17, 15) is 14.4 Å². The van der Waals surface area contributed by atoms with Crippen molar-refractivity contribution in [3.63, 3.8) is 0 Å². The molecular formula is C11H14N2O4. The van der Waals surface area contributed by atoms with Gasteiger partial charge in [-0.25, -0.2) is 9.69 Å². The molecule has 0 spiro atoms. The summed E-state index contributed by atoms with van der Waals surface area (Å²) in [7, 11) is 0. The number of hydrogen-bond donors (Lipinski definition) is 0. The molecule has 0 bridgehead atoms. The van der Waals surface area contributed by atoms with Crippen LogP contribution >= 0.6 is 0 Å². The van der Waals surface area contributed by atoms with Gasteiger partial charge in [-0.3, -0.25) is 9.59 Å². The van der Waals surface area contributed by atoms with E-state index < -0.39 is 6.09 Å². The lowest BCUT2D eigenvalue weighted by molar-refractivity contribution is -0.142. The fourth-order valence-electron chi connectivity index (χ4n) is 2.24. The Bertz CT molecular complexity index is 369. The van der Waals surface area contributed by atoms with Gasteiger partial charge in [-0.1, -0.05) is 0 Å². The predicted molar refractivity (Wildman–Crippen MR) is 55.9 cm³/mol. The highest BCUT2D eigenvalue weighted by molar-refractivity contribution is 5.98. The number of amides is 3. The van der Waals surface area contributed by atoms with Crippen LogP contribution < -0.4 is 0 Å². The molecule has 2 saturated heterocycles. The van der Waals surface area contributed by atoms with Crippen LogP contribution in [-0.4, -0.2) is 53.4 Å². The third-order valence-electron chi connectivity index (χ3n) is 3.52. The summed E-state index contributed by atoms with van der Waals surface area (Å²) in [5.74, 6) is 0.415. The van der Waals surface area contributed by atoms with Crippen LogP contribution in [0.25, 0.3) is 0 Å². The van der Waals surface area contributed by atoms with E-state index in [0.29, 0.717) is 25.4 Å². The third-order valence-corrected chi connectivity index (χ3v) is 3.52. The fourth-order valence-corrected chi connectivity index (χ4v) is 2.24. The maximum absolute atomic E-state index is 11.7. The Kier molecular flexibility index (Phi) is 2.31. The first-order valence-corrected chi connectivity index (χ1v) is 5.91. The second-order valence-corrected chi connectivity index (χ2v) is 4.92. The molecular weight excluding hydrogens is 224 g/mol. The number of ether oxygens (including phenoxy) is 1. The molecule has 92 valence electrons. The Morgan fingerprint density at radius 3 is 2.53 bits per heavy atom. The zero-order chi connectivity index (χ0) is 12.0. The van der Waals surface area contributed by atoms with Crippen LogP contribution in [0.4, 0.5) is 4.79 Å². The van der Waals surface area contributed by atoms with Crippen LogP contribution in [0.2, 0.25) is 0 Å². The predicted octanol–water partition coefficient (Wildman–Crippen LogP) is -0.0239. The highest BCUT2D eigenvalue weighted by Gasteiger charge is 2.44. The average Bonchev–Trinajstić information content (AvgIpc) is 2.96. The Labute approximate surface area is 98.5 Å². The average molecular weight is 238 g/mol. The molecule has 0 N–H and O–H groups in total. The van der Waals surface area contributed by atoms with Gasteiger partial charge in [0.15, 0.2) is 6.61 Å². The maximum Gasteiger partial charge on any atom is 0.417 e. The summed E-state index contributed by atoms with van der Waals surface area (Å²) < 4.78 is 4.64. The second kappa shape index (κ2) is 3.72. The number of cyclic esters (lactones) is 1. The van der Waals surface area contributed by atoms with Crippen LogP contribution in [0.1, 0.15) is 19.3 Å². The summed E-state index contributed by atoms with van der Waals surface area (Å²) >= 11 is 0. The number of nitrogens with zero attached hydrogens (tertiary/aromatic N) is 2. The van der Waals surface area contributed by atoms with Gasteiger partial charge in [-0.2, -0.15) is 0 Å². The van der Waals surface area contributed by atoms with E-state index in [-0.39, 0.29) is 24.5 Å². The number of rotatable bonds is 3. The van der Waals surface area contributed by atoms with Gasteiger partial charge in [0.1, 0.15) is 0 Å². The maximum atomic E-state index is 11.7. The van der Waals surface area contributed by atoms with Crippen LogP contribution in [-0.2, 0) is 14.3 Å². The first kappa shape index (κ1) is 10.6. The largest absolute Gasteiger partial charge is 0.439 e. The minimum absolute atomic E-state index is 0.142. The smallest absolute Gasteiger partial charge is 0.417 e. The van der Waals surface area contributed by atoms with E-state index in [1.165, 1.54) is 0 Å². The monoisotopic (exact) mass is 238 g/mol. The lowest BCUT2D eigenvalue weighted by atomic mass is 10.1. The molecule has 3 rings (SSSR count). The van der Waals surface area contributed by atoms with Gasteiger partial charge in [-0.05, 0) is 18.8 Å². The molecule has 2 heterocycles. The van der Waals surface area contributed by atoms with Crippen molar-refractivity contribution in [2.24, 2.45) is 5.92 Å². The Morgan fingerprint density at radius 2 is 2.00 bits per heavy atom. The molecule has 0 aromatic heterocycles. The summed E-state index contributed by atoms with van der Waals surface area (Å²) in [4.78, 5) is 37.2. The van der Waals surface area contributed by atoms with Crippen LogP contribution in [0.5, 0.6) is 0 Å². The summed E-state index contributed by atoms with van der Waals surface area (Å²) in [5.41, 5.74) is 0. The van der Waals surface area contributed by atoms with E-state index >= 15 is 0 Å². The molecule has 3 aliphatic rings. The van der Waals surface area contributed by atoms with Crippen molar-refractivity contribution in [2.45, 2.75) is 25.3 Å². The standard InChI is InChI=1S/C11H14N2O4/c14-9(3-7-1-2-7)12-4-8(5-12)13-10(15)6-17-11(13)16/h7-8H,1-6H2. The van der Waals surface area contributed by atoms with Crippen molar-refractivity contribution < 1.29 is 19.1 Å². The molecule has 0 radical (unpaired) electrons. The third kappa shape index (κ3) is 1.87. The second-order valence-electron chi connectivity index (χ2n) is 4.92. The molecule has 6 heteroatoms. The van der Waals surface area contributed by atoms with E-state index in [0.717, 1.165) is 17.7 Å². The molecule has 1 aliphatic carbocycles. The highest BCUT2D eigenvalue weighted by Crippen LogP contribution is 2.33. The fraction of sp³-hybridized carbons (Fsp3) is 0.727. The van der Waals surface area contributed by atoms with E-state index in [1.54, 1.807) is 4.90 Å². The number of hydrogen-bond acceptors (Lipinski definition) is 4. The quantitative estimate of drug-likeness (QED) is 0.692. The summed E-state index contributed by atoms with van der Waals surface area (Å²) in [6.07, 6.45) is 2.35. The molecule has 0 unspecified atom stereocenters. The van der Waals surface area contributed by atoms with Crippen LogP contribution in [0.15, 0.2) is 0 Å². The van der Waals surface area contributed by atoms with Gasteiger partial charge in [0.25, 0.3) is 5.91 Å². The van der Waals surface area contributed by atoms with E-state index in [2.05, 4.69) is 4.74 Å². The lowest BCUT2D eigenvalue weighted by Crippen LogP contribution is -2.62. The molecule has 17 heavy (non-hydrogen) atoms. The van der Waals surface area contributed by atoms with E-state index in [1.807, 2.05) is 0 Å². The molecule has 0 aromatic carbocycles. The van der Waals surface area contributed by atoms with Crippen LogP contribution in [0, 0.1) is 5.92 Å². The first-order valence-electron chi connectivity index (χ1n) is 5.91. The first-order chi connectivity index (χ1) is 8.15. The lowest BCUT2D eigenvalue weighted by Gasteiger charge is -2.42. The highest BCUT2D eigenvalue weighted by atomic mass is 16.6. The zero-order valence-electron chi connectivity index (χ0n) is 9.42. The van der Waals surface area contributed by atoms with Crippen LogP contribution in [0.3, 0.4) is 0 Å². The summed E-state index contributed by atoms with van der Waals surface area (Å²) in [6, 6.07) is -0.180. The molecule has 1 saturated carbocycles. The van der Waals surface area contributed by atoms with Gasteiger partial charge >= 0.3 is 6.09 Å². The van der Waals surface area contributed by atoms with Crippen molar-refractivity contribution in [1.29, 1.82) is 0 Å². The number of carbonyl (C=O) groups excluding carboxylic acids is 3. The minimum atomic E-state index is -0.575. The number of carbonyl (C=O) groups is 3. The Morgan fingerprint density at radius 1 is 1.29 bits per heavy atom. The van der Waals surface area contributed by atoms with Gasteiger partial charge in [-0.15, -0.1) is 0 Å². The SMILES string of the molecule is O=C(CC1CC1)N1CC(N2C(=O)COC2=O)C1. The van der Waals surface area contributed by atoms with Gasteiger partial charge in [0.2, 0.25) is 5.91 Å². The number of imide groups is 1. The molecule has 0 atom stereocenters. The molecule has 6 nitrogen and oxygen atoms in total. The molecule has 3 fully saturated rings. The van der Waals surface area contributed by atoms with Crippen molar-refractivity contribution in [1.82, 2.24) is 9.80 Å². The Balaban J connectivity index is 1.51. The Hall–Kier alpha value is -1.59. The van der Waals surface area contributed by atoms with Gasteiger partial charge in [0.05, 0.1) is 6.04 Å². The summed E-state index contributed by atoms with van der Waals surface area (Å²) in [5, 5.41) is 0. The van der Waals surface area contributed by atoms with Gasteiger partial charge < -0.3 is 9.64 Å². The molecule has 2 aliphatic heterocycles. The number of likely N-dealkylation sites (tertiary alicyclic amines) is 1. The molecule has 3 amide bonds. The van der Waals surface area contributed by atoms with Crippen molar-refractivity contribution in [2.75, 3.05) is 19.7 Å². The normalized spacial score (nSPS) is 24.9. The van der Waals surface area contributed by atoms with Crippen molar-refractivity contribution in [3.8, 4) is 0 Å². The molecule has 0 aromatic rings.